The molecule has 1 aliphatic rings. The monoisotopic (exact) mass is 277 g/mol. The smallest absolute Gasteiger partial charge is 0.0945 e. The Kier molecular flexibility index (Phi) is 5.06. The highest BCUT2D eigenvalue weighted by molar-refractivity contribution is 5.54. The molecule has 0 aliphatic heterocycles. The van der Waals surface area contributed by atoms with Crippen LogP contribution >= 0.6 is 0 Å². The summed E-state index contributed by atoms with van der Waals surface area (Å²) < 4.78 is 5.52. The van der Waals surface area contributed by atoms with E-state index in [2.05, 4.69) is 44.3 Å². The Morgan fingerprint density at radius 2 is 2.00 bits per heavy atom. The van der Waals surface area contributed by atoms with Gasteiger partial charge in [0.15, 0.2) is 0 Å². The summed E-state index contributed by atoms with van der Waals surface area (Å²) in [6.45, 7) is 8.34. The zero-order valence-corrected chi connectivity index (χ0v) is 12.9. The molecule has 0 bridgehead atoms. The van der Waals surface area contributed by atoms with Crippen LogP contribution < -0.4 is 5.32 Å². The second kappa shape index (κ2) is 6.59. The number of nitrogens with one attached hydrogen (secondary N) is 1. The molecular weight excluding hydrogens is 250 g/mol. The minimum atomic E-state index is -0.457. The van der Waals surface area contributed by atoms with E-state index in [4.69, 9.17) is 4.74 Å². The van der Waals surface area contributed by atoms with Gasteiger partial charge in [0.05, 0.1) is 12.7 Å². The quantitative estimate of drug-likeness (QED) is 0.804. The molecule has 1 atom stereocenters. The Balaban J connectivity index is 1.80. The van der Waals surface area contributed by atoms with Gasteiger partial charge in [-0.3, -0.25) is 0 Å². The van der Waals surface area contributed by atoms with Crippen LogP contribution in [0.5, 0.6) is 0 Å². The normalized spacial score (nSPS) is 17.0. The summed E-state index contributed by atoms with van der Waals surface area (Å²) in [7, 11) is 0. The van der Waals surface area contributed by atoms with Gasteiger partial charge < -0.3 is 15.2 Å². The summed E-state index contributed by atoms with van der Waals surface area (Å²) in [4.78, 5) is 0. The molecule has 0 radical (unpaired) electrons. The molecule has 1 aliphatic carbocycles. The van der Waals surface area contributed by atoms with Gasteiger partial charge in [-0.05, 0) is 35.8 Å². The van der Waals surface area contributed by atoms with E-state index in [1.165, 1.54) is 18.4 Å². The van der Waals surface area contributed by atoms with Crippen molar-refractivity contribution in [2.75, 3.05) is 25.1 Å². The highest BCUT2D eigenvalue weighted by atomic mass is 16.5. The van der Waals surface area contributed by atoms with Crippen LogP contribution in [0, 0.1) is 5.92 Å². The van der Waals surface area contributed by atoms with Crippen LogP contribution in [0.2, 0.25) is 0 Å². The Bertz CT molecular complexity index is 421. The Morgan fingerprint density at radius 1 is 1.30 bits per heavy atom. The number of aliphatic hydroxyl groups is 1. The number of rotatable bonds is 7. The third-order valence-corrected chi connectivity index (χ3v) is 3.62. The standard InChI is InChI=1S/C17H27NO2/c1-17(2,3)15-6-4-5-7-16(15)18-10-14(19)12-20-11-13-8-9-13/h4-7,13-14,18-19H,8-12H2,1-3H3. The van der Waals surface area contributed by atoms with Gasteiger partial charge in [-0.15, -0.1) is 0 Å². The van der Waals surface area contributed by atoms with E-state index in [9.17, 15) is 5.11 Å². The van der Waals surface area contributed by atoms with Crippen molar-refractivity contribution in [1.82, 2.24) is 0 Å². The SMILES string of the molecule is CC(C)(C)c1ccccc1NCC(O)COCC1CC1. The predicted molar refractivity (Wildman–Crippen MR) is 83.2 cm³/mol. The van der Waals surface area contributed by atoms with Gasteiger partial charge in [0, 0.05) is 18.8 Å². The first-order valence-corrected chi connectivity index (χ1v) is 7.56. The van der Waals surface area contributed by atoms with E-state index in [0.29, 0.717) is 13.2 Å². The van der Waals surface area contributed by atoms with Gasteiger partial charge in [-0.2, -0.15) is 0 Å². The molecule has 2 N–H and O–H groups in total. The van der Waals surface area contributed by atoms with Gasteiger partial charge in [0.25, 0.3) is 0 Å². The van der Waals surface area contributed by atoms with Crippen molar-refractivity contribution in [3.05, 3.63) is 29.8 Å². The van der Waals surface area contributed by atoms with Gasteiger partial charge in [-0.1, -0.05) is 39.0 Å². The summed E-state index contributed by atoms with van der Waals surface area (Å²) in [6.07, 6.45) is 2.11. The van der Waals surface area contributed by atoms with Crippen molar-refractivity contribution in [1.29, 1.82) is 0 Å². The van der Waals surface area contributed by atoms with Crippen LogP contribution in [0.25, 0.3) is 0 Å². The van der Waals surface area contributed by atoms with Gasteiger partial charge in [-0.25, -0.2) is 0 Å². The second-order valence-corrected chi connectivity index (χ2v) is 6.81. The zero-order valence-electron chi connectivity index (χ0n) is 12.9. The minimum Gasteiger partial charge on any atom is -0.389 e. The number of para-hydroxylation sites is 1. The van der Waals surface area contributed by atoms with Crippen LogP contribution in [-0.4, -0.2) is 31.0 Å². The molecule has 1 fully saturated rings. The van der Waals surface area contributed by atoms with E-state index < -0.39 is 6.10 Å². The molecular formula is C17H27NO2. The number of benzene rings is 1. The number of anilines is 1. The van der Waals surface area contributed by atoms with Crippen LogP contribution in [0.3, 0.4) is 0 Å². The number of hydrogen-bond donors (Lipinski definition) is 2. The molecule has 1 aromatic rings. The van der Waals surface area contributed by atoms with Crippen LogP contribution in [-0.2, 0) is 10.2 Å². The van der Waals surface area contributed by atoms with Crippen molar-refractivity contribution in [3.63, 3.8) is 0 Å². The number of aliphatic hydroxyl groups excluding tert-OH is 1. The Morgan fingerprint density at radius 3 is 2.65 bits per heavy atom. The molecule has 0 heterocycles. The maximum atomic E-state index is 9.95. The fraction of sp³-hybridized carbons (Fsp3) is 0.647. The Hall–Kier alpha value is -1.06. The average molecular weight is 277 g/mol. The lowest BCUT2D eigenvalue weighted by Gasteiger charge is -2.24. The molecule has 0 spiro atoms. The highest BCUT2D eigenvalue weighted by Gasteiger charge is 2.22. The van der Waals surface area contributed by atoms with Crippen molar-refractivity contribution >= 4 is 5.69 Å². The fourth-order valence-corrected chi connectivity index (χ4v) is 2.23. The maximum Gasteiger partial charge on any atom is 0.0945 e. The molecule has 112 valence electrons. The first-order valence-electron chi connectivity index (χ1n) is 7.56. The molecule has 0 amide bonds. The van der Waals surface area contributed by atoms with Gasteiger partial charge in [0.2, 0.25) is 0 Å². The number of hydrogen-bond acceptors (Lipinski definition) is 3. The lowest BCUT2D eigenvalue weighted by molar-refractivity contribution is 0.0386. The molecule has 2 rings (SSSR count). The molecule has 1 aromatic carbocycles. The summed E-state index contributed by atoms with van der Waals surface area (Å²) in [6, 6.07) is 8.28. The van der Waals surface area contributed by atoms with Crippen molar-refractivity contribution < 1.29 is 9.84 Å². The fourth-order valence-electron chi connectivity index (χ4n) is 2.23. The van der Waals surface area contributed by atoms with Crippen LogP contribution in [0.4, 0.5) is 5.69 Å². The summed E-state index contributed by atoms with van der Waals surface area (Å²) >= 11 is 0. The van der Waals surface area contributed by atoms with E-state index in [1.807, 2.05) is 6.07 Å². The molecule has 0 aromatic heterocycles. The van der Waals surface area contributed by atoms with Crippen molar-refractivity contribution in [3.8, 4) is 0 Å². The lowest BCUT2D eigenvalue weighted by atomic mass is 9.86. The second-order valence-electron chi connectivity index (χ2n) is 6.81. The lowest BCUT2D eigenvalue weighted by Crippen LogP contribution is -2.26. The summed E-state index contributed by atoms with van der Waals surface area (Å²) in [5.74, 6) is 0.747. The topological polar surface area (TPSA) is 41.5 Å². The first kappa shape index (κ1) is 15.3. The summed E-state index contributed by atoms with van der Waals surface area (Å²) in [5.41, 5.74) is 2.46. The average Bonchev–Trinajstić information content (AvgIpc) is 3.20. The first-order chi connectivity index (χ1) is 9.47. The van der Waals surface area contributed by atoms with E-state index in [0.717, 1.165) is 18.2 Å². The molecule has 1 unspecified atom stereocenters. The third-order valence-electron chi connectivity index (χ3n) is 3.62. The van der Waals surface area contributed by atoms with E-state index in [1.54, 1.807) is 0 Å². The van der Waals surface area contributed by atoms with E-state index >= 15 is 0 Å². The molecule has 3 heteroatoms. The van der Waals surface area contributed by atoms with Gasteiger partial charge in [0.1, 0.15) is 0 Å². The van der Waals surface area contributed by atoms with Crippen LogP contribution in [0.1, 0.15) is 39.2 Å². The molecule has 20 heavy (non-hydrogen) atoms. The van der Waals surface area contributed by atoms with E-state index in [-0.39, 0.29) is 5.41 Å². The van der Waals surface area contributed by atoms with Crippen molar-refractivity contribution in [2.45, 2.75) is 45.1 Å². The maximum absolute atomic E-state index is 9.95. The third kappa shape index (κ3) is 4.80. The van der Waals surface area contributed by atoms with Gasteiger partial charge >= 0.3 is 0 Å². The van der Waals surface area contributed by atoms with Crippen LogP contribution in [0.15, 0.2) is 24.3 Å². The molecule has 1 saturated carbocycles. The zero-order chi connectivity index (χ0) is 14.6. The molecule has 3 nitrogen and oxygen atoms in total. The largest absolute Gasteiger partial charge is 0.389 e. The highest BCUT2D eigenvalue weighted by Crippen LogP contribution is 2.29. The minimum absolute atomic E-state index is 0.0943. The Labute approximate surface area is 122 Å². The van der Waals surface area contributed by atoms with Crippen molar-refractivity contribution in [2.24, 2.45) is 5.92 Å². The summed E-state index contributed by atoms with van der Waals surface area (Å²) in [5, 5.41) is 13.3. The number of ether oxygens (including phenoxy) is 1. The molecule has 0 saturated heterocycles. The predicted octanol–water partition coefficient (Wildman–Crippen LogP) is 3.18.